The van der Waals surface area contributed by atoms with Crippen molar-refractivity contribution in [1.29, 1.82) is 0 Å². The van der Waals surface area contributed by atoms with E-state index in [0.717, 1.165) is 6.42 Å². The van der Waals surface area contributed by atoms with Crippen molar-refractivity contribution in [3.05, 3.63) is 0 Å². The molecule has 6 heteroatoms. The van der Waals surface area contributed by atoms with E-state index in [-0.39, 0.29) is 0 Å². The first-order chi connectivity index (χ1) is 6.99. The van der Waals surface area contributed by atoms with Gasteiger partial charge in [0.2, 0.25) is 10.0 Å². The van der Waals surface area contributed by atoms with Crippen LogP contribution in [0.15, 0.2) is 0 Å². The minimum Gasteiger partial charge on any atom is -0.480 e. The smallest absolute Gasteiger partial charge is 0.320 e. The van der Waals surface area contributed by atoms with Crippen LogP contribution in [0.4, 0.5) is 0 Å². The van der Waals surface area contributed by atoms with E-state index in [0.29, 0.717) is 12.5 Å². The van der Waals surface area contributed by atoms with Crippen molar-refractivity contribution in [3.63, 3.8) is 0 Å². The highest BCUT2D eigenvalue weighted by atomic mass is 32.2. The van der Waals surface area contributed by atoms with E-state index in [1.54, 1.807) is 0 Å². The zero-order chi connectivity index (χ0) is 11.3. The maximum Gasteiger partial charge on any atom is 0.320 e. The molecule has 0 radical (unpaired) electrons. The topological polar surface area (TPSA) is 83.5 Å². The fourth-order valence-electron chi connectivity index (χ4n) is 1.93. The van der Waals surface area contributed by atoms with Gasteiger partial charge in [0.25, 0.3) is 0 Å². The van der Waals surface area contributed by atoms with Crippen molar-refractivity contribution in [2.24, 2.45) is 5.92 Å². The van der Waals surface area contributed by atoms with Crippen LogP contribution in [-0.2, 0) is 14.8 Å². The lowest BCUT2D eigenvalue weighted by atomic mass is 10.1. The summed E-state index contributed by atoms with van der Waals surface area (Å²) in [6, 6.07) is 0. The second-order valence-electron chi connectivity index (χ2n) is 3.99. The Kier molecular flexibility index (Phi) is 4.53. The van der Waals surface area contributed by atoms with Gasteiger partial charge >= 0.3 is 5.97 Å². The molecule has 5 nitrogen and oxygen atoms in total. The number of carbonyl (C=O) groups is 1. The Morgan fingerprint density at radius 3 is 2.47 bits per heavy atom. The van der Waals surface area contributed by atoms with Crippen LogP contribution in [0, 0.1) is 5.92 Å². The Labute approximate surface area is 89.9 Å². The van der Waals surface area contributed by atoms with Crippen molar-refractivity contribution in [1.82, 2.24) is 4.72 Å². The highest BCUT2D eigenvalue weighted by Crippen LogP contribution is 2.26. The van der Waals surface area contributed by atoms with E-state index < -0.39 is 21.7 Å². The van der Waals surface area contributed by atoms with E-state index in [1.807, 2.05) is 0 Å². The molecular formula is C9H17NO4S. The molecule has 1 aliphatic carbocycles. The Morgan fingerprint density at radius 2 is 1.93 bits per heavy atom. The summed E-state index contributed by atoms with van der Waals surface area (Å²) >= 11 is 0. The van der Waals surface area contributed by atoms with Gasteiger partial charge in [-0.25, -0.2) is 13.1 Å². The van der Waals surface area contributed by atoms with Gasteiger partial charge in [-0.05, 0) is 12.3 Å². The third-order valence-corrected chi connectivity index (χ3v) is 3.93. The van der Waals surface area contributed by atoms with Crippen LogP contribution in [-0.4, -0.2) is 31.8 Å². The van der Waals surface area contributed by atoms with Crippen molar-refractivity contribution in [3.8, 4) is 0 Å². The second kappa shape index (κ2) is 5.46. The Bertz CT molecular complexity index is 306. The van der Waals surface area contributed by atoms with Crippen LogP contribution >= 0.6 is 0 Å². The number of carboxylic acid groups (broad SMARTS) is 1. The number of hydrogen-bond donors (Lipinski definition) is 2. The first-order valence-electron chi connectivity index (χ1n) is 5.19. The number of rotatable bonds is 6. The lowest BCUT2D eigenvalue weighted by Crippen LogP contribution is -2.31. The molecular weight excluding hydrogens is 218 g/mol. The van der Waals surface area contributed by atoms with Crippen LogP contribution in [0.2, 0.25) is 0 Å². The van der Waals surface area contributed by atoms with E-state index in [1.165, 1.54) is 25.7 Å². The van der Waals surface area contributed by atoms with Gasteiger partial charge in [-0.15, -0.1) is 0 Å². The van der Waals surface area contributed by atoms with E-state index in [9.17, 15) is 13.2 Å². The van der Waals surface area contributed by atoms with Crippen molar-refractivity contribution >= 4 is 16.0 Å². The molecule has 1 aliphatic rings. The number of nitrogens with one attached hydrogen (secondary N) is 1. The van der Waals surface area contributed by atoms with Crippen LogP contribution in [0.3, 0.4) is 0 Å². The molecule has 0 bridgehead atoms. The molecule has 0 amide bonds. The lowest BCUT2D eigenvalue weighted by molar-refractivity contribution is -0.134. The SMILES string of the molecule is O=C(O)CS(=O)(=O)NCCC1CCCC1. The molecule has 0 unspecified atom stereocenters. The summed E-state index contributed by atoms with van der Waals surface area (Å²) in [6.45, 7) is 0.361. The van der Waals surface area contributed by atoms with Gasteiger partial charge in [-0.3, -0.25) is 4.79 Å². The van der Waals surface area contributed by atoms with Gasteiger partial charge in [0.15, 0.2) is 5.75 Å². The molecule has 1 saturated carbocycles. The zero-order valence-electron chi connectivity index (χ0n) is 8.61. The standard InChI is InChI=1S/C9H17NO4S/c11-9(12)7-15(13,14)10-6-5-8-3-1-2-4-8/h8,10H,1-7H2,(H,11,12). The molecule has 0 aromatic rings. The summed E-state index contributed by atoms with van der Waals surface area (Å²) in [4.78, 5) is 10.2. The Morgan fingerprint density at radius 1 is 1.33 bits per heavy atom. The molecule has 0 aliphatic heterocycles. The molecule has 2 N–H and O–H groups in total. The summed E-state index contributed by atoms with van der Waals surface area (Å²) in [6.07, 6.45) is 5.61. The average Bonchev–Trinajstić information content (AvgIpc) is 2.53. The van der Waals surface area contributed by atoms with Crippen molar-refractivity contribution in [2.45, 2.75) is 32.1 Å². The summed E-state index contributed by atoms with van der Waals surface area (Å²) in [5.41, 5.74) is 0. The fraction of sp³-hybridized carbons (Fsp3) is 0.889. The largest absolute Gasteiger partial charge is 0.480 e. The quantitative estimate of drug-likeness (QED) is 0.705. The highest BCUT2D eigenvalue weighted by molar-refractivity contribution is 7.90. The van der Waals surface area contributed by atoms with Crippen LogP contribution in [0.1, 0.15) is 32.1 Å². The Balaban J connectivity index is 2.20. The molecule has 15 heavy (non-hydrogen) atoms. The van der Waals surface area contributed by atoms with E-state index in [4.69, 9.17) is 5.11 Å². The predicted molar refractivity (Wildman–Crippen MR) is 56.0 cm³/mol. The molecule has 88 valence electrons. The minimum atomic E-state index is -3.62. The first-order valence-corrected chi connectivity index (χ1v) is 6.84. The fourth-order valence-corrected chi connectivity index (χ4v) is 2.79. The zero-order valence-corrected chi connectivity index (χ0v) is 9.42. The molecule has 0 spiro atoms. The molecule has 0 aromatic heterocycles. The molecule has 1 rings (SSSR count). The normalized spacial score (nSPS) is 18.1. The molecule has 0 atom stereocenters. The number of sulfonamides is 1. The lowest BCUT2D eigenvalue weighted by Gasteiger charge is -2.09. The monoisotopic (exact) mass is 235 g/mol. The highest BCUT2D eigenvalue weighted by Gasteiger charge is 2.18. The van der Waals surface area contributed by atoms with Crippen LogP contribution < -0.4 is 4.72 Å². The van der Waals surface area contributed by atoms with Crippen molar-refractivity contribution < 1.29 is 18.3 Å². The summed E-state index contributed by atoms with van der Waals surface area (Å²) in [7, 11) is -3.62. The van der Waals surface area contributed by atoms with Gasteiger partial charge < -0.3 is 5.11 Å². The first kappa shape index (κ1) is 12.4. The van der Waals surface area contributed by atoms with Gasteiger partial charge in [-0.1, -0.05) is 25.7 Å². The van der Waals surface area contributed by atoms with Crippen LogP contribution in [0.5, 0.6) is 0 Å². The van der Waals surface area contributed by atoms with Gasteiger partial charge in [0.05, 0.1) is 0 Å². The summed E-state index contributed by atoms with van der Waals surface area (Å²) in [5.74, 6) is -1.54. The summed E-state index contributed by atoms with van der Waals surface area (Å²) < 4.78 is 24.6. The predicted octanol–water partition coefficient (Wildman–Crippen LogP) is 0.571. The average molecular weight is 235 g/mol. The Hall–Kier alpha value is -0.620. The van der Waals surface area contributed by atoms with Crippen molar-refractivity contribution in [2.75, 3.05) is 12.3 Å². The maximum atomic E-state index is 11.1. The molecule has 0 saturated heterocycles. The second-order valence-corrected chi connectivity index (χ2v) is 5.79. The molecule has 0 aromatic carbocycles. The molecule has 0 heterocycles. The van der Waals surface area contributed by atoms with Gasteiger partial charge in [0.1, 0.15) is 0 Å². The molecule has 1 fully saturated rings. The number of hydrogen-bond acceptors (Lipinski definition) is 3. The third kappa shape index (κ3) is 5.13. The van der Waals surface area contributed by atoms with Gasteiger partial charge in [-0.2, -0.15) is 0 Å². The minimum absolute atomic E-state index is 0.361. The maximum absolute atomic E-state index is 11.1. The van der Waals surface area contributed by atoms with Gasteiger partial charge in [0, 0.05) is 6.54 Å². The third-order valence-electron chi connectivity index (χ3n) is 2.66. The number of carboxylic acids is 1. The summed E-state index contributed by atoms with van der Waals surface area (Å²) in [5, 5.41) is 8.34. The number of aliphatic carboxylic acids is 1. The van der Waals surface area contributed by atoms with Crippen LogP contribution in [0.25, 0.3) is 0 Å². The van der Waals surface area contributed by atoms with E-state index >= 15 is 0 Å². The van der Waals surface area contributed by atoms with E-state index in [2.05, 4.69) is 4.72 Å².